The van der Waals surface area contributed by atoms with Crippen molar-refractivity contribution in [3.8, 4) is 0 Å². The summed E-state index contributed by atoms with van der Waals surface area (Å²) in [4.78, 5) is 8.26. The van der Waals surface area contributed by atoms with Crippen molar-refractivity contribution in [1.82, 2.24) is 14.5 Å². The molecule has 0 saturated heterocycles. The van der Waals surface area contributed by atoms with Gasteiger partial charge in [0, 0.05) is 12.8 Å². The van der Waals surface area contributed by atoms with E-state index in [0.29, 0.717) is 11.8 Å². The first-order chi connectivity index (χ1) is 8.69. The number of nitrogens with zero attached hydrogens (tertiary/aromatic N) is 3. The average molecular weight is 286 g/mol. The highest BCUT2D eigenvalue weighted by Gasteiger charge is 2.16. The van der Waals surface area contributed by atoms with Gasteiger partial charge < -0.3 is 4.74 Å². The van der Waals surface area contributed by atoms with Gasteiger partial charge in [0.1, 0.15) is 17.1 Å². The van der Waals surface area contributed by atoms with Crippen LogP contribution in [0.4, 0.5) is 0 Å². The Balaban J connectivity index is 2.51. The van der Waals surface area contributed by atoms with Crippen molar-refractivity contribution >= 4 is 39.0 Å². The van der Waals surface area contributed by atoms with E-state index in [2.05, 4.69) is 22.8 Å². The normalized spacial score (nSPS) is 14.8. The Hall–Kier alpha value is -0.910. The fourth-order valence-corrected chi connectivity index (χ4v) is 3.03. The number of hydrogen-bond donors (Lipinski definition) is 0. The standard InChI is InChI=1S/C12H16ClN3OS/c1-4-17-12(18(3)5-2)16-7-6-9-10(13)14-8-15-11(9)16/h6-8,12H,3-5H2,1-2H3. The molecule has 2 aromatic heterocycles. The van der Waals surface area contributed by atoms with Crippen molar-refractivity contribution in [2.45, 2.75) is 19.4 Å². The van der Waals surface area contributed by atoms with Gasteiger partial charge in [-0.25, -0.2) is 9.97 Å². The molecule has 0 saturated carbocycles. The van der Waals surface area contributed by atoms with E-state index in [4.69, 9.17) is 16.3 Å². The predicted molar refractivity (Wildman–Crippen MR) is 78.5 cm³/mol. The SMILES string of the molecule is C=S(CC)C(OCC)n1ccc2c(Cl)ncnc21. The van der Waals surface area contributed by atoms with Crippen molar-refractivity contribution in [2.24, 2.45) is 0 Å². The maximum Gasteiger partial charge on any atom is 0.178 e. The summed E-state index contributed by atoms with van der Waals surface area (Å²) in [6.45, 7) is 4.73. The molecule has 0 fully saturated rings. The number of aromatic nitrogens is 3. The molecular weight excluding hydrogens is 270 g/mol. The molecule has 0 aliphatic heterocycles. The van der Waals surface area contributed by atoms with E-state index in [1.54, 1.807) is 0 Å². The lowest BCUT2D eigenvalue weighted by Gasteiger charge is -2.22. The number of rotatable bonds is 5. The van der Waals surface area contributed by atoms with Gasteiger partial charge in [-0.05, 0) is 18.7 Å². The Bertz CT molecular complexity index is 569. The van der Waals surface area contributed by atoms with Gasteiger partial charge in [0.2, 0.25) is 0 Å². The van der Waals surface area contributed by atoms with Crippen molar-refractivity contribution in [2.75, 3.05) is 12.4 Å². The number of fused-ring (bicyclic) bond motifs is 1. The van der Waals surface area contributed by atoms with Crippen LogP contribution in [0.3, 0.4) is 0 Å². The van der Waals surface area contributed by atoms with Crippen molar-refractivity contribution in [1.29, 1.82) is 0 Å². The third-order valence-corrected chi connectivity index (χ3v) is 4.63. The summed E-state index contributed by atoms with van der Waals surface area (Å²) in [7, 11) is -0.119. The summed E-state index contributed by atoms with van der Waals surface area (Å²) < 4.78 is 7.79. The second-order valence-corrected chi connectivity index (χ2v) is 6.13. The number of hydrogen-bond acceptors (Lipinski definition) is 3. The van der Waals surface area contributed by atoms with E-state index in [1.165, 1.54) is 6.33 Å². The van der Waals surface area contributed by atoms with Gasteiger partial charge in [0.05, 0.1) is 5.39 Å². The lowest BCUT2D eigenvalue weighted by atomic mass is 10.4. The quantitative estimate of drug-likeness (QED) is 0.625. The summed E-state index contributed by atoms with van der Waals surface area (Å²) >= 11 is 6.05. The molecule has 2 unspecified atom stereocenters. The molecule has 4 nitrogen and oxygen atoms in total. The Kier molecular flexibility index (Phi) is 4.37. The van der Waals surface area contributed by atoms with Crippen LogP contribution < -0.4 is 0 Å². The average Bonchev–Trinajstić information content (AvgIpc) is 2.80. The minimum Gasteiger partial charge on any atom is -0.349 e. The summed E-state index contributed by atoms with van der Waals surface area (Å²) in [6.07, 6.45) is 3.41. The summed E-state index contributed by atoms with van der Waals surface area (Å²) in [5.74, 6) is 5.13. The van der Waals surface area contributed by atoms with Crippen LogP contribution in [0.15, 0.2) is 18.6 Å². The number of ether oxygens (including phenoxy) is 1. The van der Waals surface area contributed by atoms with Crippen molar-refractivity contribution < 1.29 is 4.74 Å². The molecule has 0 aromatic carbocycles. The molecule has 2 rings (SSSR count). The molecule has 2 aromatic rings. The molecule has 0 spiro atoms. The molecule has 98 valence electrons. The molecule has 0 bridgehead atoms. The van der Waals surface area contributed by atoms with Crippen molar-refractivity contribution in [3.63, 3.8) is 0 Å². The van der Waals surface area contributed by atoms with E-state index < -0.39 is 0 Å². The minimum absolute atomic E-state index is 0.0940. The third-order valence-electron chi connectivity index (χ3n) is 2.65. The first-order valence-corrected chi connectivity index (χ1v) is 7.77. The fraction of sp³-hybridized carbons (Fsp3) is 0.417. The minimum atomic E-state index is -0.119. The van der Waals surface area contributed by atoms with E-state index in [0.717, 1.165) is 16.8 Å². The lowest BCUT2D eigenvalue weighted by molar-refractivity contribution is 0.0813. The maximum absolute atomic E-state index is 6.05. The second kappa shape index (κ2) is 5.82. The molecule has 0 aliphatic carbocycles. The van der Waals surface area contributed by atoms with Crippen LogP contribution in [0.1, 0.15) is 19.4 Å². The molecule has 0 amide bonds. The zero-order chi connectivity index (χ0) is 13.1. The van der Waals surface area contributed by atoms with Crippen LogP contribution in [0, 0.1) is 0 Å². The van der Waals surface area contributed by atoms with Gasteiger partial charge in [-0.2, -0.15) is 0 Å². The highest BCUT2D eigenvalue weighted by molar-refractivity contribution is 8.13. The molecule has 0 aliphatic rings. The molecule has 2 atom stereocenters. The number of halogens is 1. The van der Waals surface area contributed by atoms with Crippen LogP contribution in [0.2, 0.25) is 5.15 Å². The van der Waals surface area contributed by atoms with Crippen LogP contribution in [0.5, 0.6) is 0 Å². The van der Waals surface area contributed by atoms with Gasteiger partial charge in [0.15, 0.2) is 5.56 Å². The van der Waals surface area contributed by atoms with Crippen LogP contribution in [-0.4, -0.2) is 32.8 Å². The molecule has 0 radical (unpaired) electrons. The van der Waals surface area contributed by atoms with Gasteiger partial charge >= 0.3 is 0 Å². The van der Waals surface area contributed by atoms with Crippen molar-refractivity contribution in [3.05, 3.63) is 23.7 Å². The Morgan fingerprint density at radius 2 is 2.28 bits per heavy atom. The summed E-state index contributed by atoms with van der Waals surface area (Å²) in [5.41, 5.74) is 0.700. The highest BCUT2D eigenvalue weighted by atomic mass is 35.5. The van der Waals surface area contributed by atoms with Crippen LogP contribution in [-0.2, 0) is 4.74 Å². The van der Waals surface area contributed by atoms with E-state index in [-0.39, 0.29) is 16.0 Å². The monoisotopic (exact) mass is 285 g/mol. The lowest BCUT2D eigenvalue weighted by Crippen LogP contribution is -2.11. The molecule has 6 heteroatoms. The zero-order valence-electron chi connectivity index (χ0n) is 10.5. The Labute approximate surface area is 114 Å². The van der Waals surface area contributed by atoms with Gasteiger partial charge in [0.25, 0.3) is 0 Å². The van der Waals surface area contributed by atoms with Crippen LogP contribution in [0.25, 0.3) is 11.0 Å². The molecular formula is C12H16ClN3OS. The zero-order valence-corrected chi connectivity index (χ0v) is 12.0. The first-order valence-electron chi connectivity index (χ1n) is 5.77. The van der Waals surface area contributed by atoms with Crippen LogP contribution >= 0.6 is 22.1 Å². The van der Waals surface area contributed by atoms with Gasteiger partial charge in [-0.15, -0.1) is 10.5 Å². The van der Waals surface area contributed by atoms with Gasteiger partial charge in [-0.3, -0.25) is 4.57 Å². The smallest absolute Gasteiger partial charge is 0.178 e. The summed E-state index contributed by atoms with van der Waals surface area (Å²) in [6, 6.07) is 1.91. The highest BCUT2D eigenvalue weighted by Crippen LogP contribution is 2.33. The first kappa shape index (κ1) is 13.5. The molecule has 2 heterocycles. The Morgan fingerprint density at radius 3 is 2.94 bits per heavy atom. The fourth-order valence-electron chi connectivity index (χ4n) is 1.73. The van der Waals surface area contributed by atoms with E-state index in [9.17, 15) is 0 Å². The summed E-state index contributed by atoms with van der Waals surface area (Å²) in [5, 5.41) is 1.31. The predicted octanol–water partition coefficient (Wildman–Crippen LogP) is 3.30. The molecule has 18 heavy (non-hydrogen) atoms. The second-order valence-electron chi connectivity index (χ2n) is 3.71. The van der Waals surface area contributed by atoms with Gasteiger partial charge in [-0.1, -0.05) is 24.4 Å². The third kappa shape index (κ3) is 2.43. The van der Waals surface area contributed by atoms with E-state index >= 15 is 0 Å². The Morgan fingerprint density at radius 1 is 1.50 bits per heavy atom. The topological polar surface area (TPSA) is 39.9 Å². The maximum atomic E-state index is 6.05. The van der Waals surface area contributed by atoms with E-state index in [1.807, 2.05) is 23.8 Å². The largest absolute Gasteiger partial charge is 0.349 e. The molecule has 0 N–H and O–H groups in total.